The molecule has 0 aliphatic heterocycles. The Balaban J connectivity index is 2.58. The van der Waals surface area contributed by atoms with Crippen LogP contribution in [-0.4, -0.2) is 14.2 Å². The summed E-state index contributed by atoms with van der Waals surface area (Å²) in [4.78, 5) is 0. The fourth-order valence-corrected chi connectivity index (χ4v) is 2.40. The van der Waals surface area contributed by atoms with Crippen LogP contribution in [0.1, 0.15) is 5.76 Å². The van der Waals surface area contributed by atoms with Crippen molar-refractivity contribution in [2.45, 2.75) is 6.92 Å². The second-order valence-corrected chi connectivity index (χ2v) is 4.20. The minimum atomic E-state index is 0.732. The lowest BCUT2D eigenvalue weighted by Crippen LogP contribution is -1.86. The smallest absolute Gasteiger partial charge is 0.180 e. The van der Waals surface area contributed by atoms with Gasteiger partial charge in [-0.2, -0.15) is 0 Å². The van der Waals surface area contributed by atoms with Crippen LogP contribution < -0.4 is 9.47 Å². The van der Waals surface area contributed by atoms with Gasteiger partial charge < -0.3 is 13.9 Å². The minimum Gasteiger partial charge on any atom is -0.493 e. The molecule has 3 heteroatoms. The molecule has 0 atom stereocenters. The molecular weight excluding hydrogens is 228 g/mol. The zero-order valence-electron chi connectivity index (χ0n) is 10.6. The Morgan fingerprint density at radius 3 is 2.56 bits per heavy atom. The van der Waals surface area contributed by atoms with E-state index in [1.807, 2.05) is 25.1 Å². The van der Waals surface area contributed by atoms with E-state index in [0.29, 0.717) is 0 Å². The average molecular weight is 242 g/mol. The van der Waals surface area contributed by atoms with Crippen LogP contribution in [0.5, 0.6) is 11.5 Å². The first-order valence-electron chi connectivity index (χ1n) is 5.79. The van der Waals surface area contributed by atoms with Gasteiger partial charge in [0.25, 0.3) is 0 Å². The van der Waals surface area contributed by atoms with Gasteiger partial charge in [0.05, 0.1) is 19.6 Å². The van der Waals surface area contributed by atoms with Crippen molar-refractivity contribution in [1.82, 2.24) is 0 Å². The van der Waals surface area contributed by atoms with Gasteiger partial charge in [-0.3, -0.25) is 0 Å². The molecule has 0 fully saturated rings. The van der Waals surface area contributed by atoms with Crippen LogP contribution in [0, 0.1) is 6.92 Å². The summed E-state index contributed by atoms with van der Waals surface area (Å²) < 4.78 is 16.6. The van der Waals surface area contributed by atoms with Gasteiger partial charge >= 0.3 is 0 Å². The lowest BCUT2D eigenvalue weighted by Gasteiger charge is -2.05. The molecule has 92 valence electrons. The van der Waals surface area contributed by atoms with Gasteiger partial charge in [0.2, 0.25) is 0 Å². The summed E-state index contributed by atoms with van der Waals surface area (Å²) in [5.74, 6) is 2.28. The molecule has 0 N–H and O–H groups in total. The zero-order valence-corrected chi connectivity index (χ0v) is 10.6. The SMILES string of the molecule is COc1cc2ccccc2c2c(OC)c(C)oc12. The predicted molar refractivity (Wildman–Crippen MR) is 71.6 cm³/mol. The number of hydrogen-bond donors (Lipinski definition) is 0. The van der Waals surface area contributed by atoms with Gasteiger partial charge in [-0.25, -0.2) is 0 Å². The number of methoxy groups -OCH3 is 2. The molecule has 0 spiro atoms. The Morgan fingerprint density at radius 1 is 1.06 bits per heavy atom. The van der Waals surface area contributed by atoms with Crippen molar-refractivity contribution >= 4 is 21.7 Å². The van der Waals surface area contributed by atoms with E-state index in [4.69, 9.17) is 13.9 Å². The summed E-state index contributed by atoms with van der Waals surface area (Å²) in [5.41, 5.74) is 0.741. The first-order valence-corrected chi connectivity index (χ1v) is 5.79. The van der Waals surface area contributed by atoms with Crippen LogP contribution in [0.3, 0.4) is 0 Å². The van der Waals surface area contributed by atoms with Gasteiger partial charge in [0, 0.05) is 0 Å². The third-order valence-electron chi connectivity index (χ3n) is 3.19. The molecule has 0 aliphatic rings. The van der Waals surface area contributed by atoms with Gasteiger partial charge in [-0.1, -0.05) is 24.3 Å². The van der Waals surface area contributed by atoms with E-state index < -0.39 is 0 Å². The molecular formula is C15H14O3. The Labute approximate surface area is 105 Å². The fourth-order valence-electron chi connectivity index (χ4n) is 2.40. The fraction of sp³-hybridized carbons (Fsp3) is 0.200. The van der Waals surface area contributed by atoms with Crippen LogP contribution in [0.15, 0.2) is 34.7 Å². The molecule has 3 nitrogen and oxygen atoms in total. The molecule has 0 saturated carbocycles. The first kappa shape index (κ1) is 11.0. The zero-order chi connectivity index (χ0) is 12.7. The van der Waals surface area contributed by atoms with Crippen molar-refractivity contribution in [3.05, 3.63) is 36.1 Å². The number of ether oxygens (including phenoxy) is 2. The number of rotatable bonds is 2. The molecule has 0 amide bonds. The quantitative estimate of drug-likeness (QED) is 0.682. The summed E-state index contributed by atoms with van der Waals surface area (Å²) in [6.45, 7) is 1.90. The Kier molecular flexibility index (Phi) is 2.40. The van der Waals surface area contributed by atoms with E-state index in [-0.39, 0.29) is 0 Å². The van der Waals surface area contributed by atoms with Crippen molar-refractivity contribution in [2.75, 3.05) is 14.2 Å². The van der Waals surface area contributed by atoms with Crippen molar-refractivity contribution < 1.29 is 13.9 Å². The van der Waals surface area contributed by atoms with E-state index in [2.05, 4.69) is 12.1 Å². The summed E-state index contributed by atoms with van der Waals surface area (Å²) in [6, 6.07) is 10.1. The van der Waals surface area contributed by atoms with Crippen LogP contribution >= 0.6 is 0 Å². The second-order valence-electron chi connectivity index (χ2n) is 4.20. The third-order valence-corrected chi connectivity index (χ3v) is 3.19. The van der Waals surface area contributed by atoms with Crippen molar-refractivity contribution in [1.29, 1.82) is 0 Å². The van der Waals surface area contributed by atoms with Crippen LogP contribution in [0.4, 0.5) is 0 Å². The summed E-state index contributed by atoms with van der Waals surface area (Å²) in [6.07, 6.45) is 0. The van der Waals surface area contributed by atoms with Gasteiger partial charge in [0.15, 0.2) is 17.1 Å². The molecule has 1 aromatic heterocycles. The lowest BCUT2D eigenvalue weighted by atomic mass is 10.1. The van der Waals surface area contributed by atoms with Gasteiger partial charge in [-0.15, -0.1) is 0 Å². The van der Waals surface area contributed by atoms with Gasteiger partial charge in [-0.05, 0) is 23.8 Å². The molecule has 18 heavy (non-hydrogen) atoms. The van der Waals surface area contributed by atoms with Crippen molar-refractivity contribution in [3.8, 4) is 11.5 Å². The molecule has 3 aromatic rings. The molecule has 0 saturated heterocycles. The summed E-state index contributed by atoms with van der Waals surface area (Å²) in [7, 11) is 3.30. The standard InChI is InChI=1S/C15H14O3/c1-9-14(17-3)13-11-7-5-4-6-10(11)8-12(16-2)15(13)18-9/h4-8H,1-3H3. The van der Waals surface area contributed by atoms with E-state index in [1.54, 1.807) is 14.2 Å². The number of furan rings is 1. The molecule has 0 radical (unpaired) electrons. The molecule has 1 heterocycles. The molecule has 3 rings (SSSR count). The maximum atomic E-state index is 5.77. The topological polar surface area (TPSA) is 31.6 Å². The van der Waals surface area contributed by atoms with E-state index in [9.17, 15) is 0 Å². The van der Waals surface area contributed by atoms with E-state index in [1.165, 1.54) is 0 Å². The highest BCUT2D eigenvalue weighted by Crippen LogP contribution is 2.42. The van der Waals surface area contributed by atoms with Crippen LogP contribution in [0.2, 0.25) is 0 Å². The monoisotopic (exact) mass is 242 g/mol. The highest BCUT2D eigenvalue weighted by molar-refractivity contribution is 6.11. The Morgan fingerprint density at radius 2 is 1.83 bits per heavy atom. The molecule has 0 unspecified atom stereocenters. The Bertz CT molecular complexity index is 725. The predicted octanol–water partition coefficient (Wildman–Crippen LogP) is 3.91. The second kappa shape index (κ2) is 3.95. The Hall–Kier alpha value is -2.16. The van der Waals surface area contributed by atoms with Crippen LogP contribution in [0.25, 0.3) is 21.7 Å². The van der Waals surface area contributed by atoms with Crippen LogP contribution in [-0.2, 0) is 0 Å². The number of fused-ring (bicyclic) bond motifs is 3. The molecule has 2 aromatic carbocycles. The average Bonchev–Trinajstić information content (AvgIpc) is 2.74. The highest BCUT2D eigenvalue weighted by Gasteiger charge is 2.18. The molecule has 0 bridgehead atoms. The maximum absolute atomic E-state index is 5.77. The van der Waals surface area contributed by atoms with E-state index >= 15 is 0 Å². The molecule has 0 aliphatic carbocycles. The van der Waals surface area contributed by atoms with Crippen molar-refractivity contribution in [2.24, 2.45) is 0 Å². The lowest BCUT2D eigenvalue weighted by molar-refractivity contribution is 0.396. The third kappa shape index (κ3) is 1.37. The van der Waals surface area contributed by atoms with Crippen molar-refractivity contribution in [3.63, 3.8) is 0 Å². The largest absolute Gasteiger partial charge is 0.493 e. The normalized spacial score (nSPS) is 11.1. The summed E-state index contributed by atoms with van der Waals surface area (Å²) in [5, 5.41) is 3.20. The maximum Gasteiger partial charge on any atom is 0.180 e. The first-order chi connectivity index (χ1) is 8.76. The number of aryl methyl sites for hydroxylation is 1. The number of benzene rings is 2. The minimum absolute atomic E-state index is 0.732. The van der Waals surface area contributed by atoms with Gasteiger partial charge in [0.1, 0.15) is 5.76 Å². The van der Waals surface area contributed by atoms with E-state index in [0.717, 1.165) is 39.0 Å². The summed E-state index contributed by atoms with van der Waals surface area (Å²) >= 11 is 0. The number of hydrogen-bond acceptors (Lipinski definition) is 3. The highest BCUT2D eigenvalue weighted by atomic mass is 16.5.